The molecule has 0 fully saturated rings. The largest absolute Gasteiger partial charge is 0.207 e. The third kappa shape index (κ3) is 5.65. The van der Waals surface area contributed by atoms with Gasteiger partial charge >= 0.3 is 0 Å². The first-order valence-electron chi connectivity index (χ1n) is 13.2. The summed E-state index contributed by atoms with van der Waals surface area (Å²) < 4.78 is 277. The topological polar surface area (TPSA) is 0 Å². The van der Waals surface area contributed by atoms with E-state index in [1.807, 2.05) is 0 Å². The van der Waals surface area contributed by atoms with Crippen LogP contribution in [0.1, 0.15) is 16.7 Å². The summed E-state index contributed by atoms with van der Waals surface area (Å²) in [6.45, 7) is 0.489. The third-order valence-electron chi connectivity index (χ3n) is 8.24. The van der Waals surface area contributed by atoms with Crippen LogP contribution in [-0.2, 0) is 12.8 Å². The fourth-order valence-corrected chi connectivity index (χ4v) is 5.74. The fourth-order valence-electron chi connectivity index (χ4n) is 5.74. The Balaban J connectivity index is 2.21. The number of hydrogen-bond acceptors (Lipinski definition) is 0. The molecular weight excluding hydrogens is 720 g/mol. The summed E-state index contributed by atoms with van der Waals surface area (Å²) in [5.41, 5.74) is -10.3. The Kier molecular flexibility index (Phi) is 10.0. The molecule has 0 nitrogen and oxygen atoms in total. The molecule has 0 atom stereocenters. The second-order valence-corrected chi connectivity index (χ2v) is 10.7. The van der Waals surface area contributed by atoms with Gasteiger partial charge in [-0.25, -0.2) is 83.4 Å². The Labute approximate surface area is 260 Å². The van der Waals surface area contributed by atoms with Crippen LogP contribution in [0.5, 0.6) is 0 Å². The molecule has 0 aliphatic heterocycles. The van der Waals surface area contributed by atoms with Crippen molar-refractivity contribution in [1.29, 1.82) is 0 Å². The number of rotatable bonds is 8. The van der Waals surface area contributed by atoms with Crippen molar-refractivity contribution in [1.82, 2.24) is 0 Å². The fraction of sp³-hybridized carbons (Fsp3) is 0.172. The van der Waals surface area contributed by atoms with Gasteiger partial charge in [0.1, 0.15) is 23.3 Å². The molecule has 0 radical (unpaired) electrons. The molecule has 0 bridgehead atoms. The Hall–Kier alpha value is -4.39. The van der Waals surface area contributed by atoms with Crippen LogP contribution in [0.4, 0.5) is 83.4 Å². The molecule has 49 heavy (non-hydrogen) atoms. The van der Waals surface area contributed by atoms with Crippen LogP contribution in [0, 0.1) is 117 Å². The summed E-state index contributed by atoms with van der Waals surface area (Å²) >= 11 is 0. The molecule has 264 valence electrons. The number of benzene rings is 4. The van der Waals surface area contributed by atoms with Crippen LogP contribution in [0.2, 0.25) is 12.6 Å². The lowest BCUT2D eigenvalue weighted by Gasteiger charge is -2.43. The lowest BCUT2D eigenvalue weighted by Crippen LogP contribution is -2.64. The first kappa shape index (κ1) is 37.4. The van der Waals surface area contributed by atoms with E-state index in [1.165, 1.54) is 0 Å². The van der Waals surface area contributed by atoms with E-state index < -0.39 is 170 Å². The Bertz CT molecular complexity index is 1780. The van der Waals surface area contributed by atoms with Crippen LogP contribution in [-0.4, -0.2) is 6.15 Å². The van der Waals surface area contributed by atoms with Gasteiger partial charge in [-0.05, 0) is 6.92 Å². The van der Waals surface area contributed by atoms with Crippen molar-refractivity contribution < 1.29 is 83.4 Å². The van der Waals surface area contributed by atoms with Crippen molar-refractivity contribution in [3.8, 4) is 0 Å². The van der Waals surface area contributed by atoms with Crippen molar-refractivity contribution in [3.05, 3.63) is 127 Å². The zero-order valence-electron chi connectivity index (χ0n) is 23.6. The van der Waals surface area contributed by atoms with Gasteiger partial charge in [-0.3, -0.25) is 0 Å². The van der Waals surface area contributed by atoms with Crippen LogP contribution in [0.25, 0.3) is 0 Å². The average molecular weight is 731 g/mol. The minimum atomic E-state index is -5.24. The third-order valence-corrected chi connectivity index (χ3v) is 8.24. The molecule has 0 amide bonds. The van der Waals surface area contributed by atoms with Gasteiger partial charge in [-0.15, -0.1) is 10.9 Å². The summed E-state index contributed by atoms with van der Waals surface area (Å²) in [6, 6.07) is 0. The monoisotopic (exact) mass is 731 g/mol. The van der Waals surface area contributed by atoms with E-state index in [0.29, 0.717) is 6.92 Å². The van der Waals surface area contributed by atoms with Crippen molar-refractivity contribution in [2.75, 3.05) is 0 Å². The predicted molar refractivity (Wildman–Crippen MR) is 132 cm³/mol. The molecule has 4 aromatic rings. The molecule has 0 saturated heterocycles. The lowest BCUT2D eigenvalue weighted by atomic mass is 9.14. The summed E-state index contributed by atoms with van der Waals surface area (Å²) in [6.07, 6.45) is -13.2. The van der Waals surface area contributed by atoms with Crippen LogP contribution < -0.4 is 10.9 Å². The Morgan fingerprint density at radius 2 is 0.490 bits per heavy atom. The van der Waals surface area contributed by atoms with Crippen molar-refractivity contribution in [2.45, 2.75) is 32.4 Å². The van der Waals surface area contributed by atoms with Gasteiger partial charge in [0.25, 0.3) is 0 Å². The highest BCUT2D eigenvalue weighted by molar-refractivity contribution is 7.02. The maximum atomic E-state index is 15.5. The Morgan fingerprint density at radius 3 is 0.755 bits per heavy atom. The quantitative estimate of drug-likeness (QED) is 0.0737. The summed E-state index contributed by atoms with van der Waals surface area (Å²) in [4.78, 5) is 0. The molecule has 0 aromatic heterocycles. The summed E-state index contributed by atoms with van der Waals surface area (Å²) in [5, 5.41) is 0. The van der Waals surface area contributed by atoms with Crippen molar-refractivity contribution in [3.63, 3.8) is 0 Å². The van der Waals surface area contributed by atoms with Gasteiger partial charge < -0.3 is 0 Å². The van der Waals surface area contributed by atoms with Crippen LogP contribution >= 0.6 is 0 Å². The zero-order chi connectivity index (χ0) is 37.2. The molecule has 20 heteroatoms. The highest BCUT2D eigenvalue weighted by Crippen LogP contribution is 2.34. The molecular formula is C29H11BF19-. The molecule has 0 aliphatic rings. The first-order chi connectivity index (χ1) is 22.6. The number of hydrogen-bond donors (Lipinski definition) is 0. The van der Waals surface area contributed by atoms with E-state index in [9.17, 15) is 65.9 Å². The van der Waals surface area contributed by atoms with Crippen molar-refractivity contribution >= 4 is 17.1 Å². The highest BCUT2D eigenvalue weighted by atomic mass is 19.2. The van der Waals surface area contributed by atoms with Crippen LogP contribution in [0.15, 0.2) is 0 Å². The van der Waals surface area contributed by atoms with E-state index in [4.69, 9.17) is 0 Å². The smallest absolute Gasteiger partial charge is 0.200 e. The van der Waals surface area contributed by atoms with E-state index in [2.05, 4.69) is 0 Å². The maximum Gasteiger partial charge on any atom is 0.200 e. The van der Waals surface area contributed by atoms with Gasteiger partial charge in [0, 0.05) is 16.7 Å². The summed E-state index contributed by atoms with van der Waals surface area (Å²) in [5.74, 6) is -53.2. The molecule has 0 spiro atoms. The van der Waals surface area contributed by atoms with Gasteiger partial charge in [0.2, 0.25) is 5.82 Å². The molecule has 4 rings (SSSR count). The molecule has 0 unspecified atom stereocenters. The normalized spacial score (nSPS) is 12.0. The SMILES string of the molecule is Cc1c(F)c(F)c(CC[B-](CCc2c(F)c(F)c(F)c(F)c2F)(c2c(F)c(F)c(F)c(F)c2F)c2c(F)c(F)c(F)c(F)c2F)c(F)c1F. The molecule has 0 aliphatic carbocycles. The van der Waals surface area contributed by atoms with Gasteiger partial charge in [-0.1, -0.05) is 12.8 Å². The summed E-state index contributed by atoms with van der Waals surface area (Å²) in [7, 11) is 0. The van der Waals surface area contributed by atoms with E-state index in [-0.39, 0.29) is 0 Å². The molecule has 0 saturated carbocycles. The van der Waals surface area contributed by atoms with Crippen molar-refractivity contribution in [2.24, 2.45) is 0 Å². The average Bonchev–Trinajstić information content (AvgIpc) is 3.07. The molecule has 4 aromatic carbocycles. The minimum Gasteiger partial charge on any atom is -0.207 e. The lowest BCUT2D eigenvalue weighted by molar-refractivity contribution is 0.370. The predicted octanol–water partition coefficient (Wildman–Crippen LogP) is 8.69. The van der Waals surface area contributed by atoms with E-state index in [1.54, 1.807) is 0 Å². The molecule has 0 heterocycles. The molecule has 0 N–H and O–H groups in total. The van der Waals surface area contributed by atoms with Gasteiger partial charge in [-0.2, -0.15) is 12.6 Å². The zero-order valence-corrected chi connectivity index (χ0v) is 23.6. The first-order valence-corrected chi connectivity index (χ1v) is 13.2. The van der Waals surface area contributed by atoms with Crippen LogP contribution in [0.3, 0.4) is 0 Å². The van der Waals surface area contributed by atoms with E-state index in [0.717, 1.165) is 0 Å². The van der Waals surface area contributed by atoms with Gasteiger partial charge in [0.05, 0.1) is 6.15 Å². The standard InChI is InChI=1S/C29H11BF19/c1-6-11(31)13(33)7(14(34)12(6)32)2-4-30(9-17(37)23(43)28(48)24(44)18(9)38,10-19(39)25(45)29(49)26(46)20(10)40)5-3-8-15(35)21(41)27(47)22(42)16(8)36/h2-5H2,1H3/q-1. The van der Waals surface area contributed by atoms with Gasteiger partial charge in [0.15, 0.2) is 81.4 Å². The Morgan fingerprint density at radius 1 is 0.286 bits per heavy atom. The second kappa shape index (κ2) is 13.1. The number of halogens is 19. The highest BCUT2D eigenvalue weighted by Gasteiger charge is 2.43. The van der Waals surface area contributed by atoms with E-state index >= 15 is 17.6 Å². The second-order valence-electron chi connectivity index (χ2n) is 10.7. The minimum absolute atomic E-state index is 0.489. The maximum absolute atomic E-state index is 15.5.